The number of fused-ring (bicyclic) bond motifs is 2. The lowest BCUT2D eigenvalue weighted by molar-refractivity contribution is 0.274. The van der Waals surface area contributed by atoms with Crippen molar-refractivity contribution in [2.24, 2.45) is 17.8 Å². The van der Waals surface area contributed by atoms with Crippen molar-refractivity contribution in [3.63, 3.8) is 0 Å². The molecule has 10 nitrogen and oxygen atoms in total. The first kappa shape index (κ1) is 22.7. The van der Waals surface area contributed by atoms with Crippen molar-refractivity contribution >= 4 is 45.2 Å². The van der Waals surface area contributed by atoms with Gasteiger partial charge in [0.1, 0.15) is 17.5 Å². The van der Waals surface area contributed by atoms with E-state index in [1.54, 1.807) is 18.3 Å². The zero-order valence-electron chi connectivity index (χ0n) is 19.0. The predicted octanol–water partition coefficient (Wildman–Crippen LogP) is 2.75. The highest BCUT2D eigenvalue weighted by Crippen LogP contribution is 2.28. The number of rotatable bonds is 8. The summed E-state index contributed by atoms with van der Waals surface area (Å²) >= 11 is 0. The molecule has 0 spiro atoms. The third-order valence-electron chi connectivity index (χ3n) is 5.43. The van der Waals surface area contributed by atoms with Gasteiger partial charge in [-0.3, -0.25) is 9.48 Å². The Bertz CT molecular complexity index is 1500. The van der Waals surface area contributed by atoms with E-state index in [0.29, 0.717) is 28.2 Å². The fourth-order valence-corrected chi connectivity index (χ4v) is 3.67. The zero-order valence-corrected chi connectivity index (χ0v) is 19.0. The molecule has 0 unspecified atom stereocenters. The second-order valence-corrected chi connectivity index (χ2v) is 7.61. The van der Waals surface area contributed by atoms with Crippen LogP contribution in [0.1, 0.15) is 5.69 Å². The average molecular weight is 459 g/mol. The van der Waals surface area contributed by atoms with Gasteiger partial charge in [0.2, 0.25) is 0 Å². The van der Waals surface area contributed by atoms with Crippen molar-refractivity contribution in [3.8, 4) is 0 Å². The number of nitrogens with one attached hydrogen (secondary N) is 2. The van der Waals surface area contributed by atoms with Crippen molar-refractivity contribution in [1.29, 1.82) is 0 Å². The molecular formula is C24H26N8O2. The molecule has 4 rings (SSSR count). The number of anilines is 3. The van der Waals surface area contributed by atoms with Crippen LogP contribution in [0.4, 0.5) is 17.3 Å². The van der Waals surface area contributed by atoms with Gasteiger partial charge < -0.3 is 26.0 Å². The van der Waals surface area contributed by atoms with Gasteiger partial charge in [0.05, 0.1) is 17.5 Å². The maximum Gasteiger partial charge on any atom is 0.262 e. The number of hydrogen-bond donors (Lipinski definition) is 4. The number of benzene rings is 1. The Kier molecular flexibility index (Phi) is 6.42. The quantitative estimate of drug-likeness (QED) is 0.298. The second-order valence-electron chi connectivity index (χ2n) is 7.61. The monoisotopic (exact) mass is 458 g/mol. The molecule has 0 aliphatic rings. The first-order valence-corrected chi connectivity index (χ1v) is 10.6. The SMILES string of the molecule is C=C/C=N\C(=C/N)Nc1cc2ccn(CCO)c(=O)c2c(Nc2ccc3c(C)n(C)nc3c2)n1. The summed E-state index contributed by atoms with van der Waals surface area (Å²) in [5, 5.41) is 22.3. The average Bonchev–Trinajstić information content (AvgIpc) is 3.11. The Balaban J connectivity index is 1.84. The summed E-state index contributed by atoms with van der Waals surface area (Å²) in [5.41, 5.74) is 8.03. The third kappa shape index (κ3) is 4.39. The van der Waals surface area contributed by atoms with E-state index < -0.39 is 0 Å². The van der Waals surface area contributed by atoms with Crippen LogP contribution in [-0.4, -0.2) is 37.3 Å². The molecule has 10 heteroatoms. The smallest absolute Gasteiger partial charge is 0.262 e. The van der Waals surface area contributed by atoms with Crippen LogP contribution < -0.4 is 21.9 Å². The number of aliphatic hydroxyl groups excluding tert-OH is 1. The molecule has 174 valence electrons. The van der Waals surface area contributed by atoms with Gasteiger partial charge in [-0.25, -0.2) is 9.98 Å². The molecule has 0 saturated carbocycles. The molecule has 0 aliphatic carbocycles. The van der Waals surface area contributed by atoms with Crippen LogP contribution in [0.5, 0.6) is 0 Å². The van der Waals surface area contributed by atoms with Crippen LogP contribution in [-0.2, 0) is 13.6 Å². The summed E-state index contributed by atoms with van der Waals surface area (Å²) in [5.74, 6) is 1.17. The van der Waals surface area contributed by atoms with Gasteiger partial charge >= 0.3 is 0 Å². The lowest BCUT2D eigenvalue weighted by atomic mass is 10.1. The van der Waals surface area contributed by atoms with Crippen molar-refractivity contribution in [2.75, 3.05) is 17.2 Å². The number of aryl methyl sites for hydroxylation is 2. The Labute approximate surface area is 195 Å². The zero-order chi connectivity index (χ0) is 24.2. The van der Waals surface area contributed by atoms with Gasteiger partial charge in [0.15, 0.2) is 0 Å². The van der Waals surface area contributed by atoms with Crippen LogP contribution in [0.15, 0.2) is 71.0 Å². The van der Waals surface area contributed by atoms with Gasteiger partial charge in [0.25, 0.3) is 5.56 Å². The number of aliphatic hydroxyl groups is 1. The molecule has 0 radical (unpaired) electrons. The molecule has 5 N–H and O–H groups in total. The Morgan fingerprint density at radius 3 is 2.88 bits per heavy atom. The van der Waals surface area contributed by atoms with E-state index in [0.717, 1.165) is 22.3 Å². The van der Waals surface area contributed by atoms with Crippen LogP contribution in [0.2, 0.25) is 0 Å². The third-order valence-corrected chi connectivity index (χ3v) is 5.43. The molecule has 0 amide bonds. The van der Waals surface area contributed by atoms with Gasteiger partial charge in [-0.05, 0) is 42.6 Å². The standard InChI is InChI=1S/C24H26N8O2/c1-4-8-26-21(14-25)28-20-12-16-7-9-32(10-11-33)24(34)22(16)23(29-20)27-17-5-6-18-15(2)31(3)30-19(18)13-17/h4-9,12-14,33H,1,10-11,25H2,2-3H3,(H2,27,28,29)/b21-14+,26-8-. The molecular weight excluding hydrogens is 432 g/mol. The topological polar surface area (TPSA) is 135 Å². The minimum absolute atomic E-state index is 0.150. The van der Waals surface area contributed by atoms with Crippen LogP contribution in [0, 0.1) is 6.92 Å². The Morgan fingerprint density at radius 2 is 2.15 bits per heavy atom. The van der Waals surface area contributed by atoms with E-state index >= 15 is 0 Å². The number of pyridine rings is 2. The molecule has 34 heavy (non-hydrogen) atoms. The summed E-state index contributed by atoms with van der Waals surface area (Å²) in [7, 11) is 1.90. The summed E-state index contributed by atoms with van der Waals surface area (Å²) in [4.78, 5) is 22.0. The van der Waals surface area contributed by atoms with E-state index in [-0.39, 0.29) is 18.7 Å². The van der Waals surface area contributed by atoms with Crippen molar-refractivity contribution < 1.29 is 5.11 Å². The maximum absolute atomic E-state index is 13.2. The van der Waals surface area contributed by atoms with E-state index in [1.165, 1.54) is 23.1 Å². The van der Waals surface area contributed by atoms with Crippen molar-refractivity contribution in [3.05, 3.63) is 77.3 Å². The molecule has 3 heterocycles. The summed E-state index contributed by atoms with van der Waals surface area (Å²) in [6.07, 6.45) is 6.00. The van der Waals surface area contributed by atoms with Gasteiger partial charge in [0, 0.05) is 49.0 Å². The molecule has 3 aromatic heterocycles. The highest BCUT2D eigenvalue weighted by Gasteiger charge is 2.14. The minimum Gasteiger partial charge on any atom is -0.402 e. The number of nitrogens with zero attached hydrogens (tertiary/aromatic N) is 5. The first-order chi connectivity index (χ1) is 16.4. The lowest BCUT2D eigenvalue weighted by Crippen LogP contribution is -2.22. The van der Waals surface area contributed by atoms with Crippen molar-refractivity contribution in [2.45, 2.75) is 13.5 Å². The predicted molar refractivity (Wildman–Crippen MR) is 136 cm³/mol. The maximum atomic E-state index is 13.2. The minimum atomic E-state index is -0.262. The fourth-order valence-electron chi connectivity index (χ4n) is 3.67. The molecule has 0 saturated heterocycles. The highest BCUT2D eigenvalue weighted by molar-refractivity contribution is 5.95. The fraction of sp³-hybridized carbons (Fsp3) is 0.167. The van der Waals surface area contributed by atoms with Crippen LogP contribution in [0.25, 0.3) is 21.7 Å². The molecule has 0 bridgehead atoms. The van der Waals surface area contributed by atoms with Gasteiger partial charge in [-0.15, -0.1) is 0 Å². The second kappa shape index (κ2) is 9.59. The summed E-state index contributed by atoms with van der Waals surface area (Å²) in [6, 6.07) is 9.34. The number of hydrogen-bond acceptors (Lipinski definition) is 8. The first-order valence-electron chi connectivity index (χ1n) is 10.6. The van der Waals surface area contributed by atoms with Gasteiger partial charge in [-0.2, -0.15) is 5.10 Å². The number of allylic oxidation sites excluding steroid dienone is 1. The number of nitrogens with two attached hydrogens (primary N) is 1. The normalized spacial score (nSPS) is 12.0. The van der Waals surface area contributed by atoms with E-state index in [1.807, 2.05) is 36.9 Å². The molecule has 0 fully saturated rings. The molecule has 1 aromatic carbocycles. The van der Waals surface area contributed by atoms with Crippen molar-refractivity contribution in [1.82, 2.24) is 19.3 Å². The molecule has 0 aliphatic heterocycles. The van der Waals surface area contributed by atoms with Crippen LogP contribution >= 0.6 is 0 Å². The number of aliphatic imine (C=N–C) groups is 1. The summed E-state index contributed by atoms with van der Waals surface area (Å²) < 4.78 is 3.28. The highest BCUT2D eigenvalue weighted by atomic mass is 16.3. The molecule has 4 aromatic rings. The molecule has 0 atom stereocenters. The largest absolute Gasteiger partial charge is 0.402 e. The number of aromatic nitrogens is 4. The van der Waals surface area contributed by atoms with E-state index in [9.17, 15) is 9.90 Å². The Morgan fingerprint density at radius 1 is 1.32 bits per heavy atom. The van der Waals surface area contributed by atoms with E-state index in [2.05, 4.69) is 32.3 Å². The Hall–Kier alpha value is -4.44. The van der Waals surface area contributed by atoms with E-state index in [4.69, 9.17) is 5.73 Å². The van der Waals surface area contributed by atoms with Gasteiger partial charge in [-0.1, -0.05) is 12.7 Å². The summed E-state index contributed by atoms with van der Waals surface area (Å²) in [6.45, 7) is 5.65. The lowest BCUT2D eigenvalue weighted by Gasteiger charge is -2.14. The van der Waals surface area contributed by atoms with Crippen LogP contribution in [0.3, 0.4) is 0 Å².